The molecular formula is C17H27N3O9. The first kappa shape index (κ1) is 24.7. The van der Waals surface area contributed by atoms with E-state index in [9.17, 15) is 20.2 Å². The van der Waals surface area contributed by atoms with E-state index in [0.29, 0.717) is 52.6 Å². The van der Waals surface area contributed by atoms with Crippen LogP contribution in [-0.2, 0) is 18.9 Å². The summed E-state index contributed by atoms with van der Waals surface area (Å²) in [6.07, 6.45) is 0.260. The van der Waals surface area contributed by atoms with Gasteiger partial charge in [0, 0.05) is 26.3 Å². The molecule has 0 heterocycles. The molecule has 164 valence electrons. The summed E-state index contributed by atoms with van der Waals surface area (Å²) in [6, 6.07) is 3.47. The van der Waals surface area contributed by atoms with Gasteiger partial charge in [-0.05, 0) is 12.5 Å². The topological polar surface area (TPSA) is 155 Å². The van der Waals surface area contributed by atoms with Gasteiger partial charge in [0.1, 0.15) is 11.8 Å². The molecule has 12 nitrogen and oxygen atoms in total. The van der Waals surface area contributed by atoms with E-state index in [2.05, 4.69) is 5.32 Å². The van der Waals surface area contributed by atoms with Crippen molar-refractivity contribution < 1.29 is 33.9 Å². The van der Waals surface area contributed by atoms with Crippen molar-refractivity contribution in [3.8, 4) is 0 Å². The number of methoxy groups -OCH3 is 1. The van der Waals surface area contributed by atoms with Crippen molar-refractivity contribution in [3.63, 3.8) is 0 Å². The highest BCUT2D eigenvalue weighted by Crippen LogP contribution is 2.28. The summed E-state index contributed by atoms with van der Waals surface area (Å²) in [5.41, 5.74) is -0.449. The molecule has 0 aliphatic carbocycles. The van der Waals surface area contributed by atoms with Gasteiger partial charge >= 0.3 is 0 Å². The fourth-order valence-corrected chi connectivity index (χ4v) is 2.18. The minimum Gasteiger partial charge on any atom is -0.394 e. The van der Waals surface area contributed by atoms with Gasteiger partial charge in [0.15, 0.2) is 0 Å². The number of rotatable bonds is 17. The van der Waals surface area contributed by atoms with Crippen molar-refractivity contribution >= 4 is 17.1 Å². The van der Waals surface area contributed by atoms with Crippen LogP contribution in [0.3, 0.4) is 0 Å². The number of aliphatic hydroxyl groups is 1. The molecule has 0 spiro atoms. The van der Waals surface area contributed by atoms with Crippen LogP contribution in [0.25, 0.3) is 0 Å². The zero-order valence-electron chi connectivity index (χ0n) is 16.3. The Morgan fingerprint density at radius 2 is 1.69 bits per heavy atom. The van der Waals surface area contributed by atoms with Crippen LogP contribution in [0.15, 0.2) is 18.2 Å². The van der Waals surface area contributed by atoms with Gasteiger partial charge in [-0.3, -0.25) is 20.2 Å². The number of non-ortho nitro benzene ring substituents is 1. The summed E-state index contributed by atoms with van der Waals surface area (Å²) in [4.78, 5) is 20.4. The average molecular weight is 417 g/mol. The van der Waals surface area contributed by atoms with E-state index in [4.69, 9.17) is 24.1 Å². The molecule has 0 bridgehead atoms. The maximum Gasteiger partial charge on any atom is 0.299 e. The number of nitro benzene ring substituents is 2. The van der Waals surface area contributed by atoms with Crippen LogP contribution in [0.5, 0.6) is 0 Å². The van der Waals surface area contributed by atoms with Crippen molar-refractivity contribution in [1.82, 2.24) is 0 Å². The molecule has 1 rings (SSSR count). The fraction of sp³-hybridized carbons (Fsp3) is 0.647. The lowest BCUT2D eigenvalue weighted by Gasteiger charge is -2.12. The summed E-state index contributed by atoms with van der Waals surface area (Å²) in [5.74, 6) is 0. The second-order valence-electron chi connectivity index (χ2n) is 5.84. The molecule has 0 fully saturated rings. The number of benzene rings is 1. The third-order valence-electron chi connectivity index (χ3n) is 3.75. The van der Waals surface area contributed by atoms with Crippen LogP contribution in [0.4, 0.5) is 17.1 Å². The van der Waals surface area contributed by atoms with Gasteiger partial charge in [-0.1, -0.05) is 0 Å². The molecule has 2 N–H and O–H groups in total. The Balaban J connectivity index is 2.09. The Kier molecular flexibility index (Phi) is 12.4. The molecule has 1 aromatic carbocycles. The zero-order chi connectivity index (χ0) is 21.5. The van der Waals surface area contributed by atoms with Crippen LogP contribution in [-0.4, -0.2) is 81.0 Å². The third-order valence-corrected chi connectivity index (χ3v) is 3.75. The lowest BCUT2D eigenvalue weighted by atomic mass is 10.2. The van der Waals surface area contributed by atoms with Crippen LogP contribution >= 0.6 is 0 Å². The van der Waals surface area contributed by atoms with Crippen LogP contribution < -0.4 is 5.32 Å². The first-order valence-corrected chi connectivity index (χ1v) is 9.03. The van der Waals surface area contributed by atoms with Gasteiger partial charge in [-0.25, -0.2) is 0 Å². The second-order valence-corrected chi connectivity index (χ2v) is 5.84. The number of ether oxygens (including phenoxy) is 4. The monoisotopic (exact) mass is 417 g/mol. The number of nitrogens with zero attached hydrogens (tertiary/aromatic N) is 2. The van der Waals surface area contributed by atoms with Crippen LogP contribution in [0.2, 0.25) is 0 Å². The predicted molar refractivity (Wildman–Crippen MR) is 103 cm³/mol. The summed E-state index contributed by atoms with van der Waals surface area (Å²) in [7, 11) is 1.50. The molecule has 0 aromatic heterocycles. The molecule has 1 aromatic rings. The summed E-state index contributed by atoms with van der Waals surface area (Å²) in [5, 5.41) is 33.5. The molecule has 1 unspecified atom stereocenters. The number of anilines is 1. The molecule has 1 atom stereocenters. The number of nitrogens with one attached hydrogen (secondary N) is 1. The van der Waals surface area contributed by atoms with E-state index >= 15 is 0 Å². The number of nitro groups is 2. The van der Waals surface area contributed by atoms with E-state index in [1.165, 1.54) is 19.2 Å². The Morgan fingerprint density at radius 3 is 2.28 bits per heavy atom. The molecule has 29 heavy (non-hydrogen) atoms. The lowest BCUT2D eigenvalue weighted by molar-refractivity contribution is -0.393. The van der Waals surface area contributed by atoms with Gasteiger partial charge in [0.05, 0.1) is 55.6 Å². The van der Waals surface area contributed by atoms with E-state index in [-0.39, 0.29) is 29.8 Å². The molecule has 0 saturated heterocycles. The molecule has 12 heteroatoms. The quantitative estimate of drug-likeness (QED) is 0.215. The third kappa shape index (κ3) is 10.1. The number of hydrogen-bond donors (Lipinski definition) is 2. The van der Waals surface area contributed by atoms with E-state index in [1.54, 1.807) is 0 Å². The first-order chi connectivity index (χ1) is 14.0. The predicted octanol–water partition coefficient (Wildman–Crippen LogP) is 1.36. The van der Waals surface area contributed by atoms with E-state index in [1.807, 2.05) is 0 Å². The molecule has 0 aliphatic heterocycles. The Morgan fingerprint density at radius 1 is 1.03 bits per heavy atom. The average Bonchev–Trinajstić information content (AvgIpc) is 2.71. The summed E-state index contributed by atoms with van der Waals surface area (Å²) < 4.78 is 21.0. The standard InChI is InChI=1S/C17H27N3O9/c1-26-15(12-21)13-29-10-9-28-8-7-27-6-2-5-18-16-4-3-14(19(22)23)11-17(16)20(24)25/h3-4,11,15,18,21H,2,5-10,12-13H2,1H3. The van der Waals surface area contributed by atoms with Gasteiger partial charge in [0.25, 0.3) is 11.4 Å². The lowest BCUT2D eigenvalue weighted by Crippen LogP contribution is -2.23. The van der Waals surface area contributed by atoms with Gasteiger partial charge < -0.3 is 29.4 Å². The van der Waals surface area contributed by atoms with E-state index in [0.717, 1.165) is 6.07 Å². The molecule has 0 aliphatic rings. The Labute approximate surface area is 168 Å². The number of hydrogen-bond acceptors (Lipinski definition) is 10. The minimum atomic E-state index is -0.676. The highest BCUT2D eigenvalue weighted by atomic mass is 16.6. The highest BCUT2D eigenvalue weighted by Gasteiger charge is 2.18. The maximum atomic E-state index is 11.0. The summed E-state index contributed by atoms with van der Waals surface area (Å²) in [6.45, 7) is 2.63. The smallest absolute Gasteiger partial charge is 0.299 e. The minimum absolute atomic E-state index is 0.0996. The van der Waals surface area contributed by atoms with Crippen LogP contribution in [0, 0.1) is 20.2 Å². The Hall–Kier alpha value is -2.38. The molecule has 0 radical (unpaired) electrons. The Bertz CT molecular complexity index is 626. The summed E-state index contributed by atoms with van der Waals surface area (Å²) >= 11 is 0. The van der Waals surface area contributed by atoms with Gasteiger partial charge in [0.2, 0.25) is 0 Å². The number of aliphatic hydroxyl groups excluding tert-OH is 1. The van der Waals surface area contributed by atoms with Gasteiger partial charge in [-0.15, -0.1) is 0 Å². The maximum absolute atomic E-state index is 11.0. The highest BCUT2D eigenvalue weighted by molar-refractivity contribution is 5.65. The molecular weight excluding hydrogens is 390 g/mol. The van der Waals surface area contributed by atoms with Crippen LogP contribution in [0.1, 0.15) is 6.42 Å². The van der Waals surface area contributed by atoms with Crippen molar-refractivity contribution in [2.24, 2.45) is 0 Å². The van der Waals surface area contributed by atoms with Crippen molar-refractivity contribution in [1.29, 1.82) is 0 Å². The SMILES string of the molecule is COC(CO)COCCOCCOCCCNc1ccc([N+](=O)[O-])cc1[N+](=O)[O-]. The van der Waals surface area contributed by atoms with Gasteiger partial charge in [-0.2, -0.15) is 0 Å². The zero-order valence-corrected chi connectivity index (χ0v) is 16.3. The first-order valence-electron chi connectivity index (χ1n) is 9.03. The van der Waals surface area contributed by atoms with Crippen molar-refractivity contribution in [3.05, 3.63) is 38.4 Å². The molecule has 0 amide bonds. The second kappa shape index (κ2) is 14.6. The largest absolute Gasteiger partial charge is 0.394 e. The fourth-order valence-electron chi connectivity index (χ4n) is 2.18. The van der Waals surface area contributed by atoms with E-state index < -0.39 is 9.85 Å². The normalized spacial score (nSPS) is 11.9. The molecule has 0 saturated carbocycles. The van der Waals surface area contributed by atoms with Crippen molar-refractivity contribution in [2.45, 2.75) is 12.5 Å². The van der Waals surface area contributed by atoms with Crippen molar-refractivity contribution in [2.75, 3.05) is 65.2 Å².